The molecule has 0 aliphatic carbocycles. The van der Waals surface area contributed by atoms with E-state index in [2.05, 4.69) is 15.3 Å². The number of rotatable bonds is 3. The Balaban J connectivity index is 1.91. The Bertz CT molecular complexity index is 881. The van der Waals surface area contributed by atoms with E-state index in [4.69, 9.17) is 0 Å². The summed E-state index contributed by atoms with van der Waals surface area (Å²) in [6.07, 6.45) is -1.24. The van der Waals surface area contributed by atoms with Gasteiger partial charge in [-0.2, -0.15) is 13.2 Å². The van der Waals surface area contributed by atoms with Crippen LogP contribution in [0.3, 0.4) is 0 Å². The Morgan fingerprint density at radius 3 is 2.38 bits per heavy atom. The summed E-state index contributed by atoms with van der Waals surface area (Å²) in [5, 5.41) is 3.04. The van der Waals surface area contributed by atoms with Crippen LogP contribution in [0.4, 0.5) is 24.5 Å². The minimum absolute atomic E-state index is 0.230. The van der Waals surface area contributed by atoms with Crippen LogP contribution < -0.4 is 10.9 Å². The summed E-state index contributed by atoms with van der Waals surface area (Å²) in [4.78, 5) is 18.0. The van der Waals surface area contributed by atoms with E-state index < -0.39 is 11.7 Å². The molecule has 0 saturated carbocycles. The molecule has 0 unspecified atom stereocenters. The molecule has 24 heavy (non-hydrogen) atoms. The average Bonchev–Trinajstić information content (AvgIpc) is 2.56. The van der Waals surface area contributed by atoms with Crippen molar-refractivity contribution in [3.05, 3.63) is 76.8 Å². The number of hydrogen-bond donors (Lipinski definition) is 2. The lowest BCUT2D eigenvalue weighted by Crippen LogP contribution is -2.05. The highest BCUT2D eigenvalue weighted by Crippen LogP contribution is 2.31. The molecule has 0 aliphatic heterocycles. The molecule has 0 saturated heterocycles. The SMILES string of the molecule is O=c1ccc(-c2ncccc2Nc2ccc(C(F)(F)F)cc2)c[nH]1. The van der Waals surface area contributed by atoms with Gasteiger partial charge in [0.1, 0.15) is 0 Å². The van der Waals surface area contributed by atoms with Crippen LogP contribution in [-0.4, -0.2) is 9.97 Å². The van der Waals surface area contributed by atoms with Crippen molar-refractivity contribution < 1.29 is 13.2 Å². The van der Waals surface area contributed by atoms with Crippen LogP contribution in [0.2, 0.25) is 0 Å². The number of hydrogen-bond acceptors (Lipinski definition) is 3. The number of H-pyrrole nitrogens is 1. The number of alkyl halides is 3. The number of halogens is 3. The number of nitrogens with one attached hydrogen (secondary N) is 2. The molecular weight excluding hydrogens is 319 g/mol. The van der Waals surface area contributed by atoms with Gasteiger partial charge < -0.3 is 10.3 Å². The van der Waals surface area contributed by atoms with E-state index in [1.807, 2.05) is 0 Å². The number of pyridine rings is 2. The second-order valence-corrected chi connectivity index (χ2v) is 5.04. The van der Waals surface area contributed by atoms with Crippen molar-refractivity contribution in [2.45, 2.75) is 6.18 Å². The minimum atomic E-state index is -4.37. The smallest absolute Gasteiger partial charge is 0.354 e. The normalized spacial score (nSPS) is 11.3. The minimum Gasteiger partial charge on any atom is -0.354 e. The predicted molar refractivity (Wildman–Crippen MR) is 85.0 cm³/mol. The van der Waals surface area contributed by atoms with Crippen LogP contribution in [0, 0.1) is 0 Å². The van der Waals surface area contributed by atoms with Crippen LogP contribution in [-0.2, 0) is 6.18 Å². The molecule has 4 nitrogen and oxygen atoms in total. The summed E-state index contributed by atoms with van der Waals surface area (Å²) in [6, 6.07) is 11.2. The maximum atomic E-state index is 12.6. The average molecular weight is 331 g/mol. The Kier molecular flexibility index (Phi) is 4.07. The van der Waals surface area contributed by atoms with Gasteiger partial charge in [0.15, 0.2) is 0 Å². The zero-order valence-corrected chi connectivity index (χ0v) is 12.3. The number of benzene rings is 1. The molecule has 2 aromatic heterocycles. The maximum Gasteiger partial charge on any atom is 0.416 e. The molecule has 3 rings (SSSR count). The molecule has 3 aromatic rings. The summed E-state index contributed by atoms with van der Waals surface area (Å²) < 4.78 is 37.8. The van der Waals surface area contributed by atoms with Gasteiger partial charge >= 0.3 is 6.18 Å². The largest absolute Gasteiger partial charge is 0.416 e. The molecule has 0 fully saturated rings. The van der Waals surface area contributed by atoms with Crippen LogP contribution in [0.1, 0.15) is 5.56 Å². The van der Waals surface area contributed by atoms with Crippen LogP contribution in [0.15, 0.2) is 65.7 Å². The van der Waals surface area contributed by atoms with Gasteiger partial charge in [-0.05, 0) is 42.5 Å². The summed E-state index contributed by atoms with van der Waals surface area (Å²) in [5.74, 6) is 0. The molecule has 122 valence electrons. The predicted octanol–water partition coefficient (Wildman–Crippen LogP) is 4.20. The van der Waals surface area contributed by atoms with Crippen molar-refractivity contribution in [2.24, 2.45) is 0 Å². The molecule has 2 heterocycles. The van der Waals surface area contributed by atoms with E-state index in [0.29, 0.717) is 22.6 Å². The number of aromatic nitrogens is 2. The van der Waals surface area contributed by atoms with Crippen LogP contribution >= 0.6 is 0 Å². The Labute approximate surface area is 135 Å². The standard InChI is InChI=1S/C17H12F3N3O/c18-17(19,20)12-4-6-13(7-5-12)23-14-2-1-9-21-16(14)11-3-8-15(24)22-10-11/h1-10,23H,(H,22,24). The number of anilines is 2. The van der Waals surface area contributed by atoms with E-state index in [-0.39, 0.29) is 5.56 Å². The van der Waals surface area contributed by atoms with Crippen molar-refractivity contribution in [3.63, 3.8) is 0 Å². The van der Waals surface area contributed by atoms with Crippen molar-refractivity contribution in [1.29, 1.82) is 0 Å². The summed E-state index contributed by atoms with van der Waals surface area (Å²) in [5.41, 5.74) is 1.44. The Morgan fingerprint density at radius 1 is 1.00 bits per heavy atom. The van der Waals surface area contributed by atoms with Gasteiger partial charge in [0.25, 0.3) is 0 Å². The second-order valence-electron chi connectivity index (χ2n) is 5.04. The first-order chi connectivity index (χ1) is 11.4. The van der Waals surface area contributed by atoms with Gasteiger partial charge in [-0.15, -0.1) is 0 Å². The molecule has 7 heteroatoms. The van der Waals surface area contributed by atoms with E-state index >= 15 is 0 Å². The third-order valence-electron chi connectivity index (χ3n) is 3.36. The molecule has 0 atom stereocenters. The molecule has 0 bridgehead atoms. The van der Waals surface area contributed by atoms with Crippen molar-refractivity contribution in [3.8, 4) is 11.3 Å². The Hall–Kier alpha value is -3.09. The van der Waals surface area contributed by atoms with E-state index in [1.54, 1.807) is 24.4 Å². The summed E-state index contributed by atoms with van der Waals surface area (Å²) in [7, 11) is 0. The topological polar surface area (TPSA) is 57.8 Å². The molecule has 2 N–H and O–H groups in total. The highest BCUT2D eigenvalue weighted by molar-refractivity contribution is 5.77. The molecular formula is C17H12F3N3O. The zero-order valence-electron chi connectivity index (χ0n) is 12.3. The van der Waals surface area contributed by atoms with Crippen molar-refractivity contribution in [2.75, 3.05) is 5.32 Å². The molecule has 1 aromatic carbocycles. The first-order valence-corrected chi connectivity index (χ1v) is 7.02. The van der Waals surface area contributed by atoms with Gasteiger partial charge in [0.2, 0.25) is 5.56 Å². The number of nitrogens with zero attached hydrogens (tertiary/aromatic N) is 1. The molecule has 0 radical (unpaired) electrons. The monoisotopic (exact) mass is 331 g/mol. The molecule has 0 amide bonds. The van der Waals surface area contributed by atoms with Gasteiger partial charge in [-0.1, -0.05) is 0 Å². The quantitative estimate of drug-likeness (QED) is 0.756. The summed E-state index contributed by atoms with van der Waals surface area (Å²) in [6.45, 7) is 0. The maximum absolute atomic E-state index is 12.6. The first-order valence-electron chi connectivity index (χ1n) is 7.02. The van der Waals surface area contributed by atoms with Crippen LogP contribution in [0.5, 0.6) is 0 Å². The Morgan fingerprint density at radius 2 is 1.75 bits per heavy atom. The third-order valence-corrected chi connectivity index (χ3v) is 3.36. The molecule has 0 spiro atoms. The van der Waals surface area contributed by atoms with E-state index in [0.717, 1.165) is 12.1 Å². The van der Waals surface area contributed by atoms with E-state index in [9.17, 15) is 18.0 Å². The fourth-order valence-corrected chi connectivity index (χ4v) is 2.19. The lowest BCUT2D eigenvalue weighted by molar-refractivity contribution is -0.137. The lowest BCUT2D eigenvalue weighted by Gasteiger charge is -2.12. The summed E-state index contributed by atoms with van der Waals surface area (Å²) >= 11 is 0. The highest BCUT2D eigenvalue weighted by Gasteiger charge is 2.29. The van der Waals surface area contributed by atoms with Gasteiger partial charge in [-0.25, -0.2) is 0 Å². The zero-order chi connectivity index (χ0) is 17.2. The van der Waals surface area contributed by atoms with Gasteiger partial charge in [0, 0.05) is 29.7 Å². The fourth-order valence-electron chi connectivity index (χ4n) is 2.19. The third kappa shape index (κ3) is 3.45. The lowest BCUT2D eigenvalue weighted by atomic mass is 10.1. The highest BCUT2D eigenvalue weighted by atomic mass is 19.4. The van der Waals surface area contributed by atoms with Crippen LogP contribution in [0.25, 0.3) is 11.3 Å². The fraction of sp³-hybridized carbons (Fsp3) is 0.0588. The van der Waals surface area contributed by atoms with Gasteiger partial charge in [-0.3, -0.25) is 9.78 Å². The van der Waals surface area contributed by atoms with E-state index in [1.165, 1.54) is 24.4 Å². The second kappa shape index (κ2) is 6.19. The van der Waals surface area contributed by atoms with Crippen molar-refractivity contribution >= 4 is 11.4 Å². The molecule has 0 aliphatic rings. The van der Waals surface area contributed by atoms with Crippen molar-refractivity contribution in [1.82, 2.24) is 9.97 Å². The van der Waals surface area contributed by atoms with Gasteiger partial charge in [0.05, 0.1) is 16.9 Å². The number of aromatic amines is 1. The first kappa shape index (κ1) is 15.8.